The van der Waals surface area contributed by atoms with Crippen LogP contribution in [0.1, 0.15) is 13.3 Å². The third-order valence-electron chi connectivity index (χ3n) is 1.15. The second kappa shape index (κ2) is 4.77. The van der Waals surface area contributed by atoms with Crippen LogP contribution in [0.2, 0.25) is 0 Å². The van der Waals surface area contributed by atoms with Crippen molar-refractivity contribution in [3.8, 4) is 0 Å². The van der Waals surface area contributed by atoms with Crippen LogP contribution in [-0.4, -0.2) is 11.0 Å². The lowest BCUT2D eigenvalue weighted by atomic mass is 10.5. The number of rotatable bonds is 3. The Balaban J connectivity index is 2.38. The molecule has 0 fully saturated rings. The summed E-state index contributed by atoms with van der Waals surface area (Å²) in [6.45, 7) is 1.75. The fraction of sp³-hybridized carbons (Fsp3) is 0.250. The second-order valence-corrected chi connectivity index (χ2v) is 2.81. The Kier molecular flexibility index (Phi) is 3.60. The molecular weight excluding hydrogens is 174 g/mol. The highest BCUT2D eigenvalue weighted by atomic mass is 32.2. The van der Waals surface area contributed by atoms with Gasteiger partial charge in [0.15, 0.2) is 0 Å². The maximum Gasteiger partial charge on any atom is 0.317 e. The molecule has 1 aromatic heterocycles. The highest BCUT2D eigenvalue weighted by molar-refractivity contribution is 7.95. The molecule has 4 heteroatoms. The van der Waals surface area contributed by atoms with E-state index in [9.17, 15) is 4.79 Å². The van der Waals surface area contributed by atoms with E-state index in [1.807, 2.05) is 12.1 Å². The first kappa shape index (κ1) is 9.06. The zero-order valence-corrected chi connectivity index (χ0v) is 7.50. The van der Waals surface area contributed by atoms with Crippen LogP contribution in [0.3, 0.4) is 0 Å². The molecule has 0 N–H and O–H groups in total. The normalized spacial score (nSPS) is 9.42. The van der Waals surface area contributed by atoms with Crippen LogP contribution >= 0.6 is 12.0 Å². The molecule has 64 valence electrons. The molecule has 0 amide bonds. The van der Waals surface area contributed by atoms with E-state index in [4.69, 9.17) is 4.18 Å². The molecule has 0 bridgehead atoms. The average molecular weight is 183 g/mol. The van der Waals surface area contributed by atoms with Crippen molar-refractivity contribution < 1.29 is 8.98 Å². The fourth-order valence-electron chi connectivity index (χ4n) is 0.544. The maximum absolute atomic E-state index is 10.7. The molecule has 1 heterocycles. The Bertz CT molecular complexity index is 250. The highest BCUT2D eigenvalue weighted by Gasteiger charge is 2.00. The molecule has 3 nitrogen and oxygen atoms in total. The molecule has 0 spiro atoms. The zero-order chi connectivity index (χ0) is 8.81. The number of hydrogen-bond acceptors (Lipinski definition) is 4. The first-order valence-electron chi connectivity index (χ1n) is 3.61. The SMILES string of the molecule is CCC(=O)OSc1ccccn1. The van der Waals surface area contributed by atoms with E-state index in [1.165, 1.54) is 0 Å². The summed E-state index contributed by atoms with van der Waals surface area (Å²) in [5.41, 5.74) is 0. The van der Waals surface area contributed by atoms with Gasteiger partial charge in [-0.1, -0.05) is 13.0 Å². The third-order valence-corrected chi connectivity index (χ3v) is 1.83. The van der Waals surface area contributed by atoms with Crippen LogP contribution < -0.4 is 0 Å². The molecule has 0 saturated carbocycles. The van der Waals surface area contributed by atoms with Gasteiger partial charge in [0.25, 0.3) is 0 Å². The van der Waals surface area contributed by atoms with Gasteiger partial charge in [0.2, 0.25) is 0 Å². The van der Waals surface area contributed by atoms with Crippen molar-refractivity contribution in [2.75, 3.05) is 0 Å². The minimum Gasteiger partial charge on any atom is -0.384 e. The minimum absolute atomic E-state index is 0.231. The standard InChI is InChI=1S/C8H9NO2S/c1-2-8(10)11-12-7-5-3-4-6-9-7/h3-6H,2H2,1H3. The van der Waals surface area contributed by atoms with Crippen LogP contribution in [0.5, 0.6) is 0 Å². The number of carbonyl (C=O) groups excluding carboxylic acids is 1. The van der Waals surface area contributed by atoms with Crippen LogP contribution in [-0.2, 0) is 8.98 Å². The monoisotopic (exact) mass is 183 g/mol. The Morgan fingerprint density at radius 2 is 2.50 bits per heavy atom. The molecule has 0 radical (unpaired) electrons. The first-order valence-corrected chi connectivity index (χ1v) is 4.35. The molecule has 0 aromatic carbocycles. The summed E-state index contributed by atoms with van der Waals surface area (Å²) < 4.78 is 4.79. The average Bonchev–Trinajstić information content (AvgIpc) is 2.16. The Labute approximate surface area is 75.4 Å². The summed E-state index contributed by atoms with van der Waals surface area (Å²) >= 11 is 0.992. The van der Waals surface area contributed by atoms with Crippen molar-refractivity contribution in [1.29, 1.82) is 0 Å². The highest BCUT2D eigenvalue weighted by Crippen LogP contribution is 2.15. The van der Waals surface area contributed by atoms with Gasteiger partial charge < -0.3 is 4.18 Å². The quantitative estimate of drug-likeness (QED) is 0.672. The fourth-order valence-corrected chi connectivity index (χ4v) is 1.08. The van der Waals surface area contributed by atoms with Crippen LogP contribution in [0.4, 0.5) is 0 Å². The molecule has 1 rings (SSSR count). The first-order chi connectivity index (χ1) is 5.83. The van der Waals surface area contributed by atoms with Gasteiger partial charge >= 0.3 is 5.97 Å². The third kappa shape index (κ3) is 2.92. The van der Waals surface area contributed by atoms with Gasteiger partial charge in [-0.3, -0.25) is 4.79 Å². The van der Waals surface area contributed by atoms with E-state index < -0.39 is 0 Å². The Morgan fingerprint density at radius 1 is 1.67 bits per heavy atom. The summed E-state index contributed by atoms with van der Waals surface area (Å²) in [6, 6.07) is 5.44. The molecule has 0 aliphatic rings. The van der Waals surface area contributed by atoms with Gasteiger partial charge in [0, 0.05) is 12.6 Å². The molecule has 1 aromatic rings. The smallest absolute Gasteiger partial charge is 0.317 e. The predicted octanol–water partition coefficient (Wildman–Crippen LogP) is 2.04. The maximum atomic E-state index is 10.7. The van der Waals surface area contributed by atoms with Gasteiger partial charge in [-0.25, -0.2) is 4.98 Å². The van der Waals surface area contributed by atoms with Gasteiger partial charge in [0.1, 0.15) is 17.1 Å². The van der Waals surface area contributed by atoms with Crippen LogP contribution in [0, 0.1) is 0 Å². The second-order valence-electron chi connectivity index (χ2n) is 2.06. The van der Waals surface area contributed by atoms with Crippen molar-refractivity contribution in [2.45, 2.75) is 18.4 Å². The van der Waals surface area contributed by atoms with Crippen molar-refractivity contribution >= 4 is 18.0 Å². The predicted molar refractivity (Wildman–Crippen MR) is 46.5 cm³/mol. The lowest BCUT2D eigenvalue weighted by Gasteiger charge is -1.98. The van der Waals surface area contributed by atoms with E-state index >= 15 is 0 Å². The van der Waals surface area contributed by atoms with Crippen molar-refractivity contribution in [2.24, 2.45) is 0 Å². The van der Waals surface area contributed by atoms with Crippen molar-refractivity contribution in [3.63, 3.8) is 0 Å². The summed E-state index contributed by atoms with van der Waals surface area (Å²) in [4.78, 5) is 14.7. The summed E-state index contributed by atoms with van der Waals surface area (Å²) in [5.74, 6) is -0.231. The zero-order valence-electron chi connectivity index (χ0n) is 6.69. The molecule has 0 unspecified atom stereocenters. The molecule has 0 aliphatic carbocycles. The largest absolute Gasteiger partial charge is 0.384 e. The van der Waals surface area contributed by atoms with Crippen molar-refractivity contribution in [1.82, 2.24) is 4.98 Å². The molecule has 0 atom stereocenters. The van der Waals surface area contributed by atoms with E-state index in [-0.39, 0.29) is 5.97 Å². The number of carbonyl (C=O) groups is 1. The van der Waals surface area contributed by atoms with Gasteiger partial charge in [0.05, 0.1) is 0 Å². The minimum atomic E-state index is -0.231. The summed E-state index contributed by atoms with van der Waals surface area (Å²) in [6.07, 6.45) is 2.04. The van der Waals surface area contributed by atoms with Gasteiger partial charge in [-0.2, -0.15) is 0 Å². The molecule has 0 saturated heterocycles. The number of hydrogen-bond donors (Lipinski definition) is 0. The molecular formula is C8H9NO2S. The van der Waals surface area contributed by atoms with Crippen LogP contribution in [0.25, 0.3) is 0 Å². The Hall–Kier alpha value is -1.03. The number of nitrogens with zero attached hydrogens (tertiary/aromatic N) is 1. The Morgan fingerprint density at radius 3 is 3.08 bits per heavy atom. The van der Waals surface area contributed by atoms with Gasteiger partial charge in [-0.15, -0.1) is 0 Å². The molecule has 0 aliphatic heterocycles. The lowest BCUT2D eigenvalue weighted by Crippen LogP contribution is -1.95. The number of pyridine rings is 1. The topological polar surface area (TPSA) is 39.2 Å². The van der Waals surface area contributed by atoms with E-state index in [1.54, 1.807) is 19.2 Å². The molecule has 12 heavy (non-hydrogen) atoms. The van der Waals surface area contributed by atoms with E-state index in [2.05, 4.69) is 4.98 Å². The number of aromatic nitrogens is 1. The van der Waals surface area contributed by atoms with E-state index in [0.717, 1.165) is 12.0 Å². The summed E-state index contributed by atoms with van der Waals surface area (Å²) in [7, 11) is 0. The van der Waals surface area contributed by atoms with Crippen molar-refractivity contribution in [3.05, 3.63) is 24.4 Å². The lowest BCUT2D eigenvalue weighted by molar-refractivity contribution is -0.132. The van der Waals surface area contributed by atoms with E-state index in [0.29, 0.717) is 11.4 Å². The van der Waals surface area contributed by atoms with Crippen LogP contribution in [0.15, 0.2) is 29.4 Å². The van der Waals surface area contributed by atoms with Gasteiger partial charge in [-0.05, 0) is 12.1 Å². The summed E-state index contributed by atoms with van der Waals surface area (Å²) in [5, 5.41) is 0.694.